The molecule has 174 valence electrons. The van der Waals surface area contributed by atoms with Crippen LogP contribution in [-0.4, -0.2) is 49.2 Å². The molecule has 0 saturated carbocycles. The summed E-state index contributed by atoms with van der Waals surface area (Å²) in [6.45, 7) is 6.30. The van der Waals surface area contributed by atoms with Crippen molar-refractivity contribution in [2.75, 3.05) is 19.5 Å². The first-order chi connectivity index (χ1) is 15.5. The number of hydrogen-bond donors (Lipinski definition) is 2. The van der Waals surface area contributed by atoms with Crippen LogP contribution in [0, 0.1) is 5.82 Å². The average molecular weight is 472 g/mol. The zero-order valence-corrected chi connectivity index (χ0v) is 20.0. The third-order valence-electron chi connectivity index (χ3n) is 5.19. The van der Waals surface area contributed by atoms with E-state index in [9.17, 15) is 19.1 Å². The van der Waals surface area contributed by atoms with E-state index < -0.39 is 37.6 Å². The topological polar surface area (TPSA) is 105 Å². The number of ether oxygens (including phenoxy) is 1. The van der Waals surface area contributed by atoms with Gasteiger partial charge in [0, 0.05) is 7.05 Å². The number of hydrogen-bond acceptors (Lipinski definition) is 6. The Morgan fingerprint density at radius 3 is 2.33 bits per heavy atom. The molecule has 3 aromatic rings. The summed E-state index contributed by atoms with van der Waals surface area (Å²) in [5.74, 6) is -1.99. The number of nitrogens with zero attached hydrogens (tertiary/aromatic N) is 2. The molecule has 2 aromatic carbocycles. The van der Waals surface area contributed by atoms with Crippen molar-refractivity contribution in [3.05, 3.63) is 65.7 Å². The number of carbonyl (C=O) groups excluding carboxylic acids is 2. The van der Waals surface area contributed by atoms with Crippen LogP contribution in [0.5, 0.6) is 11.6 Å². The molecule has 1 heterocycles. The quantitative estimate of drug-likeness (QED) is 0.511. The number of aromatic nitrogens is 1. The van der Waals surface area contributed by atoms with Gasteiger partial charge < -0.3 is 24.6 Å². The van der Waals surface area contributed by atoms with Crippen LogP contribution in [0.15, 0.2) is 53.1 Å². The Labute approximate surface area is 192 Å². The lowest BCUT2D eigenvalue weighted by atomic mass is 10.0. The zero-order valence-electron chi connectivity index (χ0n) is 19.0. The van der Waals surface area contributed by atoms with Crippen LogP contribution in [0.2, 0.25) is 19.6 Å². The van der Waals surface area contributed by atoms with Crippen LogP contribution in [0.25, 0.3) is 0 Å². The fourth-order valence-electron chi connectivity index (χ4n) is 3.28. The van der Waals surface area contributed by atoms with E-state index >= 15 is 0 Å². The van der Waals surface area contributed by atoms with Crippen LogP contribution in [0.4, 0.5) is 10.1 Å². The van der Waals surface area contributed by atoms with Gasteiger partial charge in [-0.25, -0.2) is 4.39 Å². The van der Waals surface area contributed by atoms with Gasteiger partial charge in [-0.2, -0.15) is 0 Å². The van der Waals surface area contributed by atoms with Crippen molar-refractivity contribution < 1.29 is 28.3 Å². The Morgan fingerprint density at radius 1 is 1.15 bits per heavy atom. The standard InChI is InChI=1S/C23H26FN3O5Si/c1-27(23(30)19-13-20(28)26-32-19)21(14-6-8-15(31-2)9-7-14)22(29)25-18-11-10-16(12-17(18)24)33(3,4)5/h6-13,21H,1-5H3,(H,25,29)(H,26,28). The van der Waals surface area contributed by atoms with Crippen LogP contribution in [0.3, 0.4) is 0 Å². The van der Waals surface area contributed by atoms with Crippen molar-refractivity contribution in [2.45, 2.75) is 25.7 Å². The summed E-state index contributed by atoms with van der Waals surface area (Å²) in [7, 11) is 1.18. The summed E-state index contributed by atoms with van der Waals surface area (Å²) < 4.78 is 24.8. The molecule has 1 atom stereocenters. The fourth-order valence-corrected chi connectivity index (χ4v) is 4.42. The fraction of sp³-hybridized carbons (Fsp3) is 0.261. The number of nitrogens with one attached hydrogen (secondary N) is 1. The summed E-state index contributed by atoms with van der Waals surface area (Å²) in [5, 5.41) is 16.2. The first-order valence-electron chi connectivity index (χ1n) is 10.2. The van der Waals surface area contributed by atoms with E-state index in [0.717, 1.165) is 16.2 Å². The van der Waals surface area contributed by atoms with E-state index in [1.54, 1.807) is 30.3 Å². The lowest BCUT2D eigenvalue weighted by Gasteiger charge is -2.27. The maximum atomic E-state index is 14.8. The van der Waals surface area contributed by atoms with Crippen LogP contribution in [-0.2, 0) is 4.79 Å². The Kier molecular flexibility index (Phi) is 6.87. The molecule has 0 saturated heterocycles. The maximum absolute atomic E-state index is 14.8. The first kappa shape index (κ1) is 24.0. The van der Waals surface area contributed by atoms with Gasteiger partial charge in [-0.05, 0) is 35.0 Å². The van der Waals surface area contributed by atoms with Crippen LogP contribution >= 0.6 is 0 Å². The van der Waals surface area contributed by atoms with Gasteiger partial charge in [0.2, 0.25) is 5.76 Å². The number of amides is 2. The minimum Gasteiger partial charge on any atom is -0.497 e. The second-order valence-electron chi connectivity index (χ2n) is 8.57. The van der Waals surface area contributed by atoms with Gasteiger partial charge in [-0.3, -0.25) is 9.59 Å². The smallest absolute Gasteiger partial charge is 0.293 e. The van der Waals surface area contributed by atoms with Crippen molar-refractivity contribution in [1.82, 2.24) is 10.1 Å². The number of benzene rings is 2. The number of aromatic hydroxyl groups is 1. The largest absolute Gasteiger partial charge is 0.497 e. The summed E-state index contributed by atoms with van der Waals surface area (Å²) in [4.78, 5) is 27.3. The molecule has 10 heteroatoms. The summed E-state index contributed by atoms with van der Waals surface area (Å²) in [6, 6.07) is 11.3. The van der Waals surface area contributed by atoms with Gasteiger partial charge in [0.1, 0.15) is 17.6 Å². The lowest BCUT2D eigenvalue weighted by molar-refractivity contribution is -0.120. The third-order valence-corrected chi connectivity index (χ3v) is 7.23. The maximum Gasteiger partial charge on any atom is 0.293 e. The molecule has 3 rings (SSSR count). The SMILES string of the molecule is COc1ccc(C(C(=O)Nc2ccc([Si](C)(C)C)cc2F)N(C)C(=O)c2cc(O)no2)cc1. The molecule has 0 radical (unpaired) electrons. The molecule has 0 fully saturated rings. The van der Waals surface area contributed by atoms with E-state index in [4.69, 9.17) is 9.26 Å². The van der Waals surface area contributed by atoms with Crippen molar-refractivity contribution in [3.63, 3.8) is 0 Å². The number of carbonyl (C=O) groups is 2. The van der Waals surface area contributed by atoms with Gasteiger partial charge >= 0.3 is 0 Å². The average Bonchev–Trinajstić information content (AvgIpc) is 3.20. The zero-order chi connectivity index (χ0) is 24.3. The Morgan fingerprint density at radius 2 is 1.82 bits per heavy atom. The first-order valence-corrected chi connectivity index (χ1v) is 13.7. The molecule has 8 nitrogen and oxygen atoms in total. The normalized spacial score (nSPS) is 12.2. The molecule has 0 aliphatic rings. The molecule has 0 aliphatic carbocycles. The van der Waals surface area contributed by atoms with Crippen molar-refractivity contribution >= 4 is 30.8 Å². The molecule has 1 unspecified atom stereocenters. The predicted octanol–water partition coefficient (Wildman–Crippen LogP) is 3.53. The Hall–Kier alpha value is -3.66. The van der Waals surface area contributed by atoms with Crippen molar-refractivity contribution in [2.24, 2.45) is 0 Å². The highest BCUT2D eigenvalue weighted by molar-refractivity contribution is 6.88. The van der Waals surface area contributed by atoms with Crippen LogP contribution < -0.4 is 15.2 Å². The van der Waals surface area contributed by atoms with E-state index in [1.165, 1.54) is 26.3 Å². The van der Waals surface area contributed by atoms with Gasteiger partial charge in [0.05, 0.1) is 26.9 Å². The number of likely N-dealkylation sites (N-methyl/N-ethyl adjacent to an activating group) is 1. The van der Waals surface area contributed by atoms with E-state index in [-0.39, 0.29) is 11.4 Å². The monoisotopic (exact) mass is 471 g/mol. The number of halogens is 1. The van der Waals surface area contributed by atoms with Gasteiger partial charge in [0.25, 0.3) is 17.7 Å². The van der Waals surface area contributed by atoms with Gasteiger partial charge in [0.15, 0.2) is 0 Å². The summed E-state index contributed by atoms with van der Waals surface area (Å²) in [6.07, 6.45) is 0. The highest BCUT2D eigenvalue weighted by Gasteiger charge is 2.32. The second-order valence-corrected chi connectivity index (χ2v) is 13.7. The molecule has 0 bridgehead atoms. The van der Waals surface area contributed by atoms with Crippen LogP contribution in [0.1, 0.15) is 22.2 Å². The molecule has 1 aromatic heterocycles. The second kappa shape index (κ2) is 9.45. The van der Waals surface area contributed by atoms with E-state index in [0.29, 0.717) is 11.3 Å². The summed E-state index contributed by atoms with van der Waals surface area (Å²) in [5.41, 5.74) is 0.477. The minimum absolute atomic E-state index is 0.0127. The van der Waals surface area contributed by atoms with Crippen molar-refractivity contribution in [1.29, 1.82) is 0 Å². The summed E-state index contributed by atoms with van der Waals surface area (Å²) >= 11 is 0. The lowest BCUT2D eigenvalue weighted by Crippen LogP contribution is -2.39. The predicted molar refractivity (Wildman–Crippen MR) is 124 cm³/mol. The van der Waals surface area contributed by atoms with Crippen molar-refractivity contribution in [3.8, 4) is 11.6 Å². The Bertz CT molecular complexity index is 1160. The number of methoxy groups -OCH3 is 1. The third kappa shape index (κ3) is 5.40. The van der Waals surface area contributed by atoms with Gasteiger partial charge in [-0.15, -0.1) is 0 Å². The molecule has 2 amide bonds. The minimum atomic E-state index is -1.73. The molecule has 0 spiro atoms. The van der Waals surface area contributed by atoms with E-state index in [2.05, 4.69) is 30.1 Å². The molecule has 33 heavy (non-hydrogen) atoms. The van der Waals surface area contributed by atoms with E-state index in [1.807, 2.05) is 0 Å². The molecular weight excluding hydrogens is 445 g/mol. The highest BCUT2D eigenvalue weighted by Crippen LogP contribution is 2.27. The molecule has 0 aliphatic heterocycles. The molecular formula is C23H26FN3O5Si. The van der Waals surface area contributed by atoms with Gasteiger partial charge in [-0.1, -0.05) is 43.0 Å². The number of anilines is 1. The molecule has 2 N–H and O–H groups in total. The Balaban J connectivity index is 1.94. The highest BCUT2D eigenvalue weighted by atomic mass is 28.3. The number of rotatable bonds is 7.